The molecule has 0 saturated carbocycles. The van der Waals surface area contributed by atoms with Gasteiger partial charge in [0.05, 0.1) is 24.3 Å². The molecule has 0 unspecified atom stereocenters. The van der Waals surface area contributed by atoms with Gasteiger partial charge in [-0.05, 0) is 24.6 Å². The van der Waals surface area contributed by atoms with Gasteiger partial charge in [0.1, 0.15) is 0 Å². The van der Waals surface area contributed by atoms with Crippen molar-refractivity contribution in [3.05, 3.63) is 70.7 Å². The first-order valence-corrected chi connectivity index (χ1v) is 6.06. The molecule has 0 atom stereocenters. The maximum absolute atomic E-state index is 12.0. The van der Waals surface area contributed by atoms with Crippen LogP contribution >= 0.6 is 0 Å². The van der Waals surface area contributed by atoms with Crippen LogP contribution in [0.15, 0.2) is 53.8 Å². The molecule has 1 aromatic carbocycles. The van der Waals surface area contributed by atoms with Gasteiger partial charge in [0.2, 0.25) is 0 Å². The molecule has 3 aromatic rings. The Labute approximate surface area is 110 Å². The molecule has 96 valence electrons. The minimum Gasteiger partial charge on any atom is -0.332 e. The molecule has 0 saturated heterocycles. The average Bonchev–Trinajstić information content (AvgIpc) is 3.00. The Kier molecular flexibility index (Phi) is 2.79. The first kappa shape index (κ1) is 11.5. The number of nitrogens with zero attached hydrogens (tertiary/aromatic N) is 3. The van der Waals surface area contributed by atoms with E-state index in [9.17, 15) is 4.79 Å². The lowest BCUT2D eigenvalue weighted by Gasteiger charge is -2.03. The Bertz CT molecular complexity index is 737. The van der Waals surface area contributed by atoms with Gasteiger partial charge >= 0.3 is 0 Å². The zero-order valence-corrected chi connectivity index (χ0v) is 10.6. The van der Waals surface area contributed by atoms with Crippen molar-refractivity contribution in [2.24, 2.45) is 0 Å². The van der Waals surface area contributed by atoms with Crippen molar-refractivity contribution in [3.63, 3.8) is 0 Å². The van der Waals surface area contributed by atoms with E-state index in [-0.39, 0.29) is 5.56 Å². The number of aryl methyl sites for hydroxylation is 1. The van der Waals surface area contributed by atoms with E-state index < -0.39 is 0 Å². The molecule has 0 radical (unpaired) electrons. The summed E-state index contributed by atoms with van der Waals surface area (Å²) in [5.41, 5.74) is 2.77. The Morgan fingerprint density at radius 2 is 2.21 bits per heavy atom. The molecule has 5 heteroatoms. The number of hydrogen-bond donors (Lipinski definition) is 1. The zero-order chi connectivity index (χ0) is 13.2. The molecular formula is C14H14N4O. The summed E-state index contributed by atoms with van der Waals surface area (Å²) in [6.45, 7) is 2.61. The maximum Gasteiger partial charge on any atom is 0.271 e. The summed E-state index contributed by atoms with van der Waals surface area (Å²) in [4.78, 5) is 16.0. The van der Waals surface area contributed by atoms with Gasteiger partial charge in [-0.2, -0.15) is 0 Å². The van der Waals surface area contributed by atoms with Crippen molar-refractivity contribution in [1.82, 2.24) is 19.3 Å². The van der Waals surface area contributed by atoms with E-state index in [1.165, 1.54) is 0 Å². The molecule has 0 amide bonds. The first-order chi connectivity index (χ1) is 9.22. The van der Waals surface area contributed by atoms with E-state index in [0.717, 1.165) is 16.9 Å². The lowest BCUT2D eigenvalue weighted by Crippen LogP contribution is -2.13. The number of benzene rings is 1. The van der Waals surface area contributed by atoms with Crippen LogP contribution in [0.2, 0.25) is 0 Å². The van der Waals surface area contributed by atoms with Crippen molar-refractivity contribution >= 4 is 0 Å². The van der Waals surface area contributed by atoms with Crippen molar-refractivity contribution in [2.75, 3.05) is 0 Å². The van der Waals surface area contributed by atoms with Crippen LogP contribution in [0.25, 0.3) is 5.69 Å². The van der Waals surface area contributed by atoms with Crippen LogP contribution in [0.4, 0.5) is 0 Å². The van der Waals surface area contributed by atoms with E-state index in [1.807, 2.05) is 42.0 Å². The molecule has 19 heavy (non-hydrogen) atoms. The number of nitrogens with one attached hydrogen (secondary N) is 1. The third-order valence-electron chi connectivity index (χ3n) is 2.95. The highest BCUT2D eigenvalue weighted by Crippen LogP contribution is 2.07. The monoisotopic (exact) mass is 254 g/mol. The van der Waals surface area contributed by atoms with Gasteiger partial charge in [0.15, 0.2) is 0 Å². The Morgan fingerprint density at radius 3 is 2.95 bits per heavy atom. The van der Waals surface area contributed by atoms with E-state index in [0.29, 0.717) is 6.54 Å². The van der Waals surface area contributed by atoms with Crippen molar-refractivity contribution in [3.8, 4) is 5.69 Å². The highest BCUT2D eigenvalue weighted by molar-refractivity contribution is 5.34. The topological polar surface area (TPSA) is 55.6 Å². The SMILES string of the molecule is Cc1cccc(-n2[nH]c(Cn3ccnc3)cc2=O)c1. The number of rotatable bonds is 3. The molecule has 1 N–H and O–H groups in total. The third-order valence-corrected chi connectivity index (χ3v) is 2.95. The predicted octanol–water partition coefficient (Wildman–Crippen LogP) is 1.72. The summed E-state index contributed by atoms with van der Waals surface area (Å²) in [5.74, 6) is 0. The number of hydrogen-bond acceptors (Lipinski definition) is 2. The Morgan fingerprint density at radius 1 is 1.32 bits per heavy atom. The van der Waals surface area contributed by atoms with Gasteiger partial charge in [0.25, 0.3) is 5.56 Å². The van der Waals surface area contributed by atoms with Gasteiger partial charge < -0.3 is 4.57 Å². The van der Waals surface area contributed by atoms with Crippen molar-refractivity contribution in [1.29, 1.82) is 0 Å². The molecular weight excluding hydrogens is 240 g/mol. The fourth-order valence-electron chi connectivity index (χ4n) is 2.06. The maximum atomic E-state index is 12.0. The lowest BCUT2D eigenvalue weighted by molar-refractivity contribution is 0.740. The summed E-state index contributed by atoms with van der Waals surface area (Å²) < 4.78 is 3.46. The molecule has 5 nitrogen and oxygen atoms in total. The fraction of sp³-hybridized carbons (Fsp3) is 0.143. The molecule has 2 aromatic heterocycles. The third kappa shape index (κ3) is 2.35. The van der Waals surface area contributed by atoms with Gasteiger partial charge in [-0.3, -0.25) is 9.89 Å². The minimum atomic E-state index is -0.0549. The summed E-state index contributed by atoms with van der Waals surface area (Å²) in [6, 6.07) is 9.44. The first-order valence-electron chi connectivity index (χ1n) is 6.06. The standard InChI is InChI=1S/C14H14N4O/c1-11-3-2-4-13(7-11)18-14(19)8-12(16-18)9-17-6-5-15-10-17/h2-8,10,16H,9H2,1H3. The van der Waals surface area contributed by atoms with Crippen LogP contribution in [0.5, 0.6) is 0 Å². The van der Waals surface area contributed by atoms with Gasteiger partial charge in [-0.1, -0.05) is 12.1 Å². The number of aromatic amines is 1. The summed E-state index contributed by atoms with van der Waals surface area (Å²) >= 11 is 0. The number of aromatic nitrogens is 4. The Hall–Kier alpha value is -2.56. The van der Waals surface area contributed by atoms with Gasteiger partial charge in [0, 0.05) is 18.5 Å². The zero-order valence-electron chi connectivity index (χ0n) is 10.6. The van der Waals surface area contributed by atoms with E-state index in [2.05, 4.69) is 10.1 Å². The van der Waals surface area contributed by atoms with Gasteiger partial charge in [-0.15, -0.1) is 0 Å². The minimum absolute atomic E-state index is 0.0549. The Balaban J connectivity index is 1.96. The van der Waals surface area contributed by atoms with Crippen LogP contribution in [-0.2, 0) is 6.54 Å². The molecule has 0 aliphatic heterocycles. The second-order valence-corrected chi connectivity index (χ2v) is 4.53. The molecule has 0 spiro atoms. The van der Waals surface area contributed by atoms with Crippen LogP contribution in [-0.4, -0.2) is 19.3 Å². The lowest BCUT2D eigenvalue weighted by atomic mass is 10.2. The second kappa shape index (κ2) is 4.61. The molecule has 2 heterocycles. The molecule has 0 aliphatic rings. The van der Waals surface area contributed by atoms with E-state index >= 15 is 0 Å². The van der Waals surface area contributed by atoms with Crippen LogP contribution in [0.1, 0.15) is 11.3 Å². The van der Waals surface area contributed by atoms with Crippen LogP contribution < -0.4 is 5.56 Å². The van der Waals surface area contributed by atoms with E-state index in [1.54, 1.807) is 23.3 Å². The summed E-state index contributed by atoms with van der Waals surface area (Å²) in [5, 5.41) is 3.12. The van der Waals surface area contributed by atoms with Crippen LogP contribution in [0, 0.1) is 6.92 Å². The average molecular weight is 254 g/mol. The molecule has 3 rings (SSSR count). The smallest absolute Gasteiger partial charge is 0.271 e. The normalized spacial score (nSPS) is 10.8. The highest BCUT2D eigenvalue weighted by Gasteiger charge is 2.05. The number of H-pyrrole nitrogens is 1. The molecule has 0 bridgehead atoms. The predicted molar refractivity (Wildman–Crippen MR) is 72.5 cm³/mol. The summed E-state index contributed by atoms with van der Waals surface area (Å²) in [6.07, 6.45) is 5.31. The van der Waals surface area contributed by atoms with E-state index in [4.69, 9.17) is 0 Å². The fourth-order valence-corrected chi connectivity index (χ4v) is 2.06. The highest BCUT2D eigenvalue weighted by atomic mass is 16.1. The molecule has 0 fully saturated rings. The molecule has 0 aliphatic carbocycles. The largest absolute Gasteiger partial charge is 0.332 e. The van der Waals surface area contributed by atoms with Crippen molar-refractivity contribution < 1.29 is 0 Å². The number of imidazole rings is 1. The van der Waals surface area contributed by atoms with Crippen molar-refractivity contribution in [2.45, 2.75) is 13.5 Å². The summed E-state index contributed by atoms with van der Waals surface area (Å²) in [7, 11) is 0. The van der Waals surface area contributed by atoms with Gasteiger partial charge in [-0.25, -0.2) is 9.67 Å². The second-order valence-electron chi connectivity index (χ2n) is 4.53. The van der Waals surface area contributed by atoms with Crippen LogP contribution in [0.3, 0.4) is 0 Å². The quantitative estimate of drug-likeness (QED) is 0.773.